The van der Waals surface area contributed by atoms with E-state index in [1.54, 1.807) is 11.3 Å². The molecule has 102 valence electrons. The molecule has 3 aliphatic rings. The Bertz CT molecular complexity index is 503. The molecule has 4 heteroatoms. The first-order chi connectivity index (χ1) is 9.22. The second-order valence-corrected chi connectivity index (χ2v) is 7.42. The Morgan fingerprint density at radius 3 is 3.00 bits per heavy atom. The van der Waals surface area contributed by atoms with Gasteiger partial charge in [0.25, 0.3) is 5.91 Å². The van der Waals surface area contributed by atoms with Gasteiger partial charge in [0.2, 0.25) is 0 Å². The summed E-state index contributed by atoms with van der Waals surface area (Å²) in [6, 6.07) is 2.46. The molecule has 1 saturated heterocycles. The highest BCUT2D eigenvalue weighted by Gasteiger charge is 2.42. The molecule has 3 unspecified atom stereocenters. The number of carbonyl (C=O) groups excluding carboxylic acids is 1. The summed E-state index contributed by atoms with van der Waals surface area (Å²) in [5.41, 5.74) is 7.57. The van der Waals surface area contributed by atoms with E-state index in [0.717, 1.165) is 30.8 Å². The van der Waals surface area contributed by atoms with Crippen LogP contribution < -0.4 is 5.73 Å². The van der Waals surface area contributed by atoms with E-state index >= 15 is 0 Å². The highest BCUT2D eigenvalue weighted by Crippen LogP contribution is 2.38. The number of nitrogens with zero attached hydrogens (tertiary/aromatic N) is 1. The van der Waals surface area contributed by atoms with E-state index in [-0.39, 0.29) is 5.91 Å². The Kier molecular flexibility index (Phi) is 2.71. The molecule has 2 N–H and O–H groups in total. The first-order valence-corrected chi connectivity index (χ1v) is 8.20. The van der Waals surface area contributed by atoms with Crippen LogP contribution in [0.25, 0.3) is 0 Å². The number of thiophene rings is 1. The van der Waals surface area contributed by atoms with E-state index in [9.17, 15) is 4.79 Å². The lowest BCUT2D eigenvalue weighted by Gasteiger charge is -2.18. The van der Waals surface area contributed by atoms with Gasteiger partial charge < -0.3 is 10.6 Å². The van der Waals surface area contributed by atoms with Crippen LogP contribution >= 0.6 is 11.3 Å². The zero-order chi connectivity index (χ0) is 13.0. The molecule has 0 spiro atoms. The summed E-state index contributed by atoms with van der Waals surface area (Å²) >= 11 is 1.72. The van der Waals surface area contributed by atoms with Crippen LogP contribution in [0.2, 0.25) is 0 Å². The van der Waals surface area contributed by atoms with Crippen molar-refractivity contribution in [2.75, 3.05) is 13.1 Å². The van der Waals surface area contributed by atoms with Crippen molar-refractivity contribution in [2.24, 2.45) is 17.6 Å². The molecule has 1 aromatic rings. The van der Waals surface area contributed by atoms with E-state index in [1.165, 1.54) is 29.7 Å². The van der Waals surface area contributed by atoms with Gasteiger partial charge in [0.05, 0.1) is 4.88 Å². The zero-order valence-corrected chi connectivity index (χ0v) is 11.9. The number of likely N-dealkylation sites (tertiary alicyclic amines) is 1. The lowest BCUT2D eigenvalue weighted by Crippen LogP contribution is -2.33. The summed E-state index contributed by atoms with van der Waals surface area (Å²) in [5, 5.41) is 0. The van der Waals surface area contributed by atoms with E-state index < -0.39 is 0 Å². The van der Waals surface area contributed by atoms with Crippen LogP contribution in [-0.2, 0) is 12.8 Å². The van der Waals surface area contributed by atoms with Gasteiger partial charge in [0, 0.05) is 24.0 Å². The van der Waals surface area contributed by atoms with E-state index in [4.69, 9.17) is 5.73 Å². The molecule has 0 radical (unpaired) electrons. The average Bonchev–Trinajstić information content (AvgIpc) is 3.09. The summed E-state index contributed by atoms with van der Waals surface area (Å²) in [6.45, 7) is 1.81. The first kappa shape index (κ1) is 11.9. The van der Waals surface area contributed by atoms with Crippen molar-refractivity contribution in [1.29, 1.82) is 0 Å². The van der Waals surface area contributed by atoms with Gasteiger partial charge in [-0.2, -0.15) is 0 Å². The third-order valence-electron chi connectivity index (χ3n) is 5.16. The number of hydrogen-bond acceptors (Lipinski definition) is 3. The average molecular weight is 276 g/mol. The smallest absolute Gasteiger partial charge is 0.263 e. The summed E-state index contributed by atoms with van der Waals surface area (Å²) in [5.74, 6) is 1.46. The van der Waals surface area contributed by atoms with Crippen molar-refractivity contribution in [3.8, 4) is 0 Å². The summed E-state index contributed by atoms with van der Waals surface area (Å²) in [7, 11) is 0. The predicted octanol–water partition coefficient (Wildman–Crippen LogP) is 2.05. The zero-order valence-electron chi connectivity index (χ0n) is 11.1. The van der Waals surface area contributed by atoms with Crippen molar-refractivity contribution >= 4 is 17.2 Å². The Balaban J connectivity index is 1.52. The van der Waals surface area contributed by atoms with E-state index in [0.29, 0.717) is 17.9 Å². The molecule has 1 saturated carbocycles. The third kappa shape index (κ3) is 1.84. The second kappa shape index (κ2) is 4.32. The number of carbonyl (C=O) groups is 1. The van der Waals surface area contributed by atoms with Crippen molar-refractivity contribution in [3.63, 3.8) is 0 Å². The molecular formula is C15H20N2OS. The van der Waals surface area contributed by atoms with Gasteiger partial charge in [-0.25, -0.2) is 0 Å². The first-order valence-electron chi connectivity index (χ1n) is 7.39. The molecule has 4 rings (SSSR count). The third-order valence-corrected chi connectivity index (χ3v) is 6.38. The number of nitrogens with two attached hydrogens (primary N) is 1. The fourth-order valence-corrected chi connectivity index (χ4v) is 5.29. The Morgan fingerprint density at radius 1 is 1.32 bits per heavy atom. The standard InChI is InChI=1S/C15H20N2OS/c16-12-5-4-10-7-17(8-11(10)12)15(18)14-6-9-2-1-3-13(9)19-14/h6,10-12H,1-5,7-8,16H2. The fourth-order valence-electron chi connectivity index (χ4n) is 4.06. The molecule has 3 nitrogen and oxygen atoms in total. The number of fused-ring (bicyclic) bond motifs is 2. The number of aryl methyl sites for hydroxylation is 2. The van der Waals surface area contributed by atoms with Crippen LogP contribution in [0.4, 0.5) is 0 Å². The lowest BCUT2D eigenvalue weighted by molar-refractivity contribution is 0.0784. The SMILES string of the molecule is NC1CCC2CN(C(=O)c3cc4c(s3)CCC4)CC12. The number of rotatable bonds is 1. The van der Waals surface area contributed by atoms with Crippen molar-refractivity contribution in [1.82, 2.24) is 4.90 Å². The van der Waals surface area contributed by atoms with Gasteiger partial charge in [-0.15, -0.1) is 11.3 Å². The molecule has 1 aromatic heterocycles. The molecule has 2 fully saturated rings. The lowest BCUT2D eigenvalue weighted by atomic mass is 9.98. The maximum absolute atomic E-state index is 12.6. The van der Waals surface area contributed by atoms with Crippen molar-refractivity contribution < 1.29 is 4.79 Å². The molecule has 3 atom stereocenters. The minimum absolute atomic E-state index is 0.251. The predicted molar refractivity (Wildman–Crippen MR) is 76.4 cm³/mol. The van der Waals surface area contributed by atoms with Crippen molar-refractivity contribution in [3.05, 3.63) is 21.4 Å². The monoisotopic (exact) mass is 276 g/mol. The Labute approximate surface area is 117 Å². The van der Waals surface area contributed by atoms with Gasteiger partial charge in [-0.1, -0.05) is 0 Å². The van der Waals surface area contributed by atoms with Crippen LogP contribution in [0.5, 0.6) is 0 Å². The minimum atomic E-state index is 0.251. The maximum Gasteiger partial charge on any atom is 0.263 e. The van der Waals surface area contributed by atoms with Gasteiger partial charge in [-0.3, -0.25) is 4.79 Å². The molecule has 0 bridgehead atoms. The van der Waals surface area contributed by atoms with Crippen LogP contribution in [0.3, 0.4) is 0 Å². The van der Waals surface area contributed by atoms with Crippen LogP contribution in [0.1, 0.15) is 39.4 Å². The molecule has 1 aliphatic heterocycles. The number of amides is 1. The second-order valence-electron chi connectivity index (χ2n) is 6.29. The molecule has 2 aliphatic carbocycles. The van der Waals surface area contributed by atoms with Crippen molar-refractivity contribution in [2.45, 2.75) is 38.1 Å². The highest BCUT2D eigenvalue weighted by atomic mass is 32.1. The van der Waals surface area contributed by atoms with E-state index in [2.05, 4.69) is 11.0 Å². The summed E-state index contributed by atoms with van der Waals surface area (Å²) in [6.07, 6.45) is 5.94. The van der Waals surface area contributed by atoms with Gasteiger partial charge in [0.1, 0.15) is 0 Å². The Hall–Kier alpha value is -0.870. The topological polar surface area (TPSA) is 46.3 Å². The van der Waals surface area contributed by atoms with Crippen LogP contribution in [-0.4, -0.2) is 29.9 Å². The van der Waals surface area contributed by atoms with E-state index in [1.807, 2.05) is 0 Å². The summed E-state index contributed by atoms with van der Waals surface area (Å²) < 4.78 is 0. The quantitative estimate of drug-likeness (QED) is 0.853. The van der Waals surface area contributed by atoms with Gasteiger partial charge in [0.15, 0.2) is 0 Å². The normalized spacial score (nSPS) is 32.7. The maximum atomic E-state index is 12.6. The fraction of sp³-hybridized carbons (Fsp3) is 0.667. The molecule has 2 heterocycles. The molecule has 0 aromatic carbocycles. The molecule has 19 heavy (non-hydrogen) atoms. The van der Waals surface area contributed by atoms with Crippen LogP contribution in [0, 0.1) is 11.8 Å². The minimum Gasteiger partial charge on any atom is -0.337 e. The Morgan fingerprint density at radius 2 is 2.21 bits per heavy atom. The largest absolute Gasteiger partial charge is 0.337 e. The highest BCUT2D eigenvalue weighted by molar-refractivity contribution is 7.14. The number of hydrogen-bond donors (Lipinski definition) is 1. The summed E-state index contributed by atoms with van der Waals surface area (Å²) in [4.78, 5) is 17.0. The molecular weight excluding hydrogens is 256 g/mol. The van der Waals surface area contributed by atoms with Gasteiger partial charge >= 0.3 is 0 Å². The molecule has 1 amide bonds. The van der Waals surface area contributed by atoms with Gasteiger partial charge in [-0.05, 0) is 55.6 Å². The van der Waals surface area contributed by atoms with Crippen LogP contribution in [0.15, 0.2) is 6.07 Å².